The molecule has 3 aliphatic rings. The van der Waals surface area contributed by atoms with Crippen LogP contribution in [0.1, 0.15) is 19.8 Å². The molecule has 4 unspecified atom stereocenters. The number of amides is 2. The van der Waals surface area contributed by atoms with Gasteiger partial charge in [-0.15, -0.1) is 4.91 Å². The van der Waals surface area contributed by atoms with Crippen molar-refractivity contribution in [3.63, 3.8) is 0 Å². The predicted molar refractivity (Wildman–Crippen MR) is 126 cm³/mol. The summed E-state index contributed by atoms with van der Waals surface area (Å²) >= 11 is 0. The van der Waals surface area contributed by atoms with E-state index in [0.29, 0.717) is 5.69 Å². The van der Waals surface area contributed by atoms with Gasteiger partial charge in [-0.2, -0.15) is 0 Å². The fraction of sp³-hybridized carbons (Fsp3) is 0.682. The van der Waals surface area contributed by atoms with Crippen molar-refractivity contribution in [2.24, 2.45) is 22.2 Å². The molecule has 0 aliphatic carbocycles. The molecule has 1 aromatic heterocycles. The number of rotatable bonds is 6. The Bertz CT molecular complexity index is 917. The molecule has 3 aliphatic heterocycles. The summed E-state index contributed by atoms with van der Waals surface area (Å²) in [5, 5.41) is 8.75. The number of carbonyl (C=O) groups is 2. The summed E-state index contributed by atoms with van der Waals surface area (Å²) in [6, 6.07) is 1.85. The number of nitrogens with zero attached hydrogens (tertiary/aromatic N) is 5. The van der Waals surface area contributed by atoms with Crippen LogP contribution in [-0.2, 0) is 9.59 Å². The molecule has 11 nitrogen and oxygen atoms in total. The van der Waals surface area contributed by atoms with Crippen molar-refractivity contribution in [2.45, 2.75) is 38.3 Å². The first kappa shape index (κ1) is 24.4. The van der Waals surface area contributed by atoms with Crippen LogP contribution in [-0.4, -0.2) is 91.4 Å². The van der Waals surface area contributed by atoms with E-state index in [2.05, 4.69) is 25.7 Å². The minimum atomic E-state index is -1.30. The molecule has 4 N–H and O–H groups in total. The number of pyridine rings is 1. The Balaban J connectivity index is 1.45. The number of likely N-dealkylation sites (tertiary alicyclic amines) is 1. The van der Waals surface area contributed by atoms with Gasteiger partial charge in [-0.3, -0.25) is 24.8 Å². The second-order valence-electron chi connectivity index (χ2n) is 9.76. The summed E-state index contributed by atoms with van der Waals surface area (Å²) in [6.45, 7) is 4.99. The summed E-state index contributed by atoms with van der Waals surface area (Å²) in [5.41, 5.74) is 7.44. The molecule has 0 aromatic carbocycles. The number of carbonyl (C=O) groups excluding carboxylic acids is 2. The van der Waals surface area contributed by atoms with Gasteiger partial charge in [0, 0.05) is 57.8 Å². The van der Waals surface area contributed by atoms with Gasteiger partial charge in [0.05, 0.1) is 23.7 Å². The number of halogens is 1. The topological polar surface area (TPSA) is 136 Å². The number of aromatic nitrogens is 1. The molecule has 0 radical (unpaired) electrons. The highest BCUT2D eigenvalue weighted by Crippen LogP contribution is 2.42. The highest BCUT2D eigenvalue weighted by molar-refractivity contribution is 5.96. The molecule has 186 valence electrons. The number of anilines is 2. The zero-order chi connectivity index (χ0) is 24.5. The van der Waals surface area contributed by atoms with Gasteiger partial charge in [0.15, 0.2) is 6.17 Å². The van der Waals surface area contributed by atoms with Crippen LogP contribution in [0, 0.1) is 16.2 Å². The smallest absolute Gasteiger partial charge is 0.234 e. The van der Waals surface area contributed by atoms with Gasteiger partial charge in [0.2, 0.25) is 11.8 Å². The number of hydrogen-bond acceptors (Lipinski definition) is 9. The SMILES string of the molecule is CC(=O)N1CC2(CCN(c3ccncc3NC(=O)C(C(N)N=O)C3NCC(F)CN3C)CC2)C1. The lowest BCUT2D eigenvalue weighted by Gasteiger charge is -2.54. The van der Waals surface area contributed by atoms with E-state index in [1.165, 1.54) is 0 Å². The van der Waals surface area contributed by atoms with Crippen LogP contribution < -0.4 is 21.3 Å². The lowest BCUT2D eigenvalue weighted by Crippen LogP contribution is -2.62. The molecule has 3 saturated heterocycles. The summed E-state index contributed by atoms with van der Waals surface area (Å²) < 4.78 is 13.8. The molecule has 4 heterocycles. The molecule has 3 fully saturated rings. The van der Waals surface area contributed by atoms with Crippen LogP contribution in [0.25, 0.3) is 0 Å². The third-order valence-corrected chi connectivity index (χ3v) is 7.36. The maximum atomic E-state index is 13.8. The molecule has 0 saturated carbocycles. The van der Waals surface area contributed by atoms with E-state index in [-0.39, 0.29) is 24.4 Å². The lowest BCUT2D eigenvalue weighted by atomic mass is 9.72. The van der Waals surface area contributed by atoms with Gasteiger partial charge < -0.3 is 20.9 Å². The van der Waals surface area contributed by atoms with Crippen LogP contribution >= 0.6 is 0 Å². The van der Waals surface area contributed by atoms with Gasteiger partial charge >= 0.3 is 0 Å². The van der Waals surface area contributed by atoms with Gasteiger partial charge in [-0.05, 0) is 26.0 Å². The van der Waals surface area contributed by atoms with Crippen LogP contribution in [0.15, 0.2) is 23.6 Å². The summed E-state index contributed by atoms with van der Waals surface area (Å²) in [6.07, 6.45) is 2.16. The number of nitrogens with one attached hydrogen (secondary N) is 2. The summed E-state index contributed by atoms with van der Waals surface area (Å²) in [7, 11) is 1.67. The van der Waals surface area contributed by atoms with Crippen molar-refractivity contribution in [1.82, 2.24) is 20.1 Å². The first-order chi connectivity index (χ1) is 16.2. The quantitative estimate of drug-likeness (QED) is 0.500. The Hall–Kier alpha value is -2.70. The van der Waals surface area contributed by atoms with Crippen molar-refractivity contribution in [3.8, 4) is 0 Å². The molecule has 4 rings (SSSR count). The standard InChI is InChI=1S/C22H33FN8O3/c1-14(32)31-12-22(13-31)4-7-30(8-5-22)17-3-6-25-10-16(17)27-21(33)18(19(24)28-34)20-26-9-15(23)11-29(20)2/h3,6,10,15,18-20,26H,4-5,7-9,11-13,24H2,1-2H3,(H,27,33). The maximum Gasteiger partial charge on any atom is 0.234 e. The van der Waals surface area contributed by atoms with Crippen molar-refractivity contribution in [1.29, 1.82) is 0 Å². The van der Waals surface area contributed by atoms with Crippen LogP contribution in [0.5, 0.6) is 0 Å². The number of alkyl halides is 1. The van der Waals surface area contributed by atoms with Crippen LogP contribution in [0.3, 0.4) is 0 Å². The molecule has 0 bridgehead atoms. The Morgan fingerprint density at radius 1 is 1.35 bits per heavy atom. The molecule has 34 heavy (non-hydrogen) atoms. The maximum absolute atomic E-state index is 13.8. The predicted octanol–water partition coefficient (Wildman–Crippen LogP) is 0.335. The van der Waals surface area contributed by atoms with E-state index >= 15 is 0 Å². The second-order valence-corrected chi connectivity index (χ2v) is 9.76. The second kappa shape index (κ2) is 9.88. The minimum absolute atomic E-state index is 0.0685. The average Bonchev–Trinajstić information content (AvgIpc) is 2.79. The lowest BCUT2D eigenvalue weighted by molar-refractivity contribution is -0.142. The number of hydrogen-bond donors (Lipinski definition) is 3. The van der Waals surface area contributed by atoms with E-state index < -0.39 is 30.3 Å². The van der Waals surface area contributed by atoms with Crippen molar-refractivity contribution in [3.05, 3.63) is 23.4 Å². The van der Waals surface area contributed by atoms with Crippen molar-refractivity contribution < 1.29 is 14.0 Å². The van der Waals surface area contributed by atoms with Crippen molar-refractivity contribution >= 4 is 23.2 Å². The Labute approximate surface area is 198 Å². The van der Waals surface area contributed by atoms with E-state index in [1.54, 1.807) is 31.3 Å². The highest BCUT2D eigenvalue weighted by atomic mass is 19.1. The Morgan fingerprint density at radius 3 is 2.68 bits per heavy atom. The molecular formula is C22H33FN8O3. The zero-order valence-corrected chi connectivity index (χ0v) is 19.6. The molecule has 4 atom stereocenters. The van der Waals surface area contributed by atoms with E-state index in [0.717, 1.165) is 44.7 Å². The Kier molecular flexibility index (Phi) is 7.10. The highest BCUT2D eigenvalue weighted by Gasteiger charge is 2.46. The van der Waals surface area contributed by atoms with Crippen LogP contribution in [0.4, 0.5) is 15.8 Å². The monoisotopic (exact) mass is 476 g/mol. The molecule has 2 amide bonds. The number of piperidine rings is 1. The third kappa shape index (κ3) is 4.89. The largest absolute Gasteiger partial charge is 0.370 e. The third-order valence-electron chi connectivity index (χ3n) is 7.36. The first-order valence-corrected chi connectivity index (χ1v) is 11.6. The normalized spacial score (nSPS) is 26.5. The average molecular weight is 477 g/mol. The zero-order valence-electron chi connectivity index (χ0n) is 19.6. The molecular weight excluding hydrogens is 443 g/mol. The fourth-order valence-corrected chi connectivity index (χ4v) is 5.35. The minimum Gasteiger partial charge on any atom is -0.370 e. The number of nitrogens with two attached hydrogens (primary N) is 1. The van der Waals surface area contributed by atoms with E-state index in [9.17, 15) is 18.9 Å². The first-order valence-electron chi connectivity index (χ1n) is 11.6. The fourth-order valence-electron chi connectivity index (χ4n) is 5.35. The molecule has 12 heteroatoms. The van der Waals surface area contributed by atoms with Gasteiger partial charge in [-0.25, -0.2) is 4.39 Å². The molecule has 1 spiro atoms. The van der Waals surface area contributed by atoms with Crippen LogP contribution in [0.2, 0.25) is 0 Å². The Morgan fingerprint density at radius 2 is 2.06 bits per heavy atom. The van der Waals surface area contributed by atoms with Crippen molar-refractivity contribution in [2.75, 3.05) is 56.5 Å². The number of nitroso groups, excluding NO2 is 1. The van der Waals surface area contributed by atoms with Gasteiger partial charge in [0.1, 0.15) is 12.1 Å². The summed E-state index contributed by atoms with van der Waals surface area (Å²) in [4.78, 5) is 46.0. The van der Waals surface area contributed by atoms with Gasteiger partial charge in [-0.1, -0.05) is 5.18 Å². The van der Waals surface area contributed by atoms with Gasteiger partial charge in [0.25, 0.3) is 0 Å². The molecule has 1 aromatic rings. The summed E-state index contributed by atoms with van der Waals surface area (Å²) in [5.74, 6) is -1.38. The van der Waals surface area contributed by atoms with E-state index in [1.807, 2.05) is 11.0 Å². The van der Waals surface area contributed by atoms with E-state index in [4.69, 9.17) is 5.73 Å².